The fourth-order valence-corrected chi connectivity index (χ4v) is 5.87. The molecule has 10 heteroatoms. The number of aryl methyl sites for hydroxylation is 1. The SMILES string of the molecule is COc1cccc(CNC(=O)C(CC(C)n2cccc2C#N)NS(=O)(=O)c2c(C)cccc2Cl)c1. The Hall–Kier alpha value is -3.32. The number of nitrogens with zero attached hydrogens (tertiary/aromatic N) is 2. The molecular formula is C25H27ClN4O4S. The highest BCUT2D eigenvalue weighted by Gasteiger charge is 2.30. The minimum Gasteiger partial charge on any atom is -0.497 e. The van der Waals surface area contributed by atoms with E-state index in [-0.39, 0.29) is 28.9 Å². The number of aromatic nitrogens is 1. The Morgan fingerprint density at radius 3 is 2.63 bits per heavy atom. The van der Waals surface area contributed by atoms with Gasteiger partial charge in [0.25, 0.3) is 0 Å². The van der Waals surface area contributed by atoms with Gasteiger partial charge in [0, 0.05) is 18.8 Å². The molecular weight excluding hydrogens is 488 g/mol. The van der Waals surface area contributed by atoms with Crippen molar-refractivity contribution in [2.24, 2.45) is 0 Å². The molecule has 0 radical (unpaired) electrons. The number of halogens is 1. The van der Waals surface area contributed by atoms with Gasteiger partial charge in [-0.15, -0.1) is 0 Å². The van der Waals surface area contributed by atoms with Gasteiger partial charge in [-0.25, -0.2) is 8.42 Å². The Kier molecular flexibility index (Phi) is 8.57. The maximum absolute atomic E-state index is 13.3. The van der Waals surface area contributed by atoms with Crippen molar-refractivity contribution >= 4 is 27.5 Å². The smallest absolute Gasteiger partial charge is 0.243 e. The molecule has 0 bridgehead atoms. The third kappa shape index (κ3) is 6.42. The summed E-state index contributed by atoms with van der Waals surface area (Å²) in [7, 11) is -2.57. The highest BCUT2D eigenvalue weighted by atomic mass is 35.5. The Bertz CT molecular complexity index is 1330. The lowest BCUT2D eigenvalue weighted by molar-refractivity contribution is -0.123. The number of nitrogens with one attached hydrogen (secondary N) is 2. The zero-order valence-electron chi connectivity index (χ0n) is 19.7. The van der Waals surface area contributed by atoms with Crippen LogP contribution in [0.25, 0.3) is 0 Å². The van der Waals surface area contributed by atoms with Crippen molar-refractivity contribution in [2.45, 2.75) is 43.8 Å². The number of rotatable bonds is 10. The van der Waals surface area contributed by atoms with E-state index in [4.69, 9.17) is 16.3 Å². The number of amides is 1. The normalized spacial score (nSPS) is 13.0. The summed E-state index contributed by atoms with van der Waals surface area (Å²) in [5, 5.41) is 12.2. The van der Waals surface area contributed by atoms with Crippen molar-refractivity contribution in [3.8, 4) is 11.8 Å². The van der Waals surface area contributed by atoms with E-state index in [9.17, 15) is 18.5 Å². The van der Waals surface area contributed by atoms with Gasteiger partial charge in [-0.2, -0.15) is 9.98 Å². The van der Waals surface area contributed by atoms with Crippen LogP contribution in [0, 0.1) is 18.3 Å². The number of sulfonamides is 1. The molecule has 0 aliphatic carbocycles. The highest BCUT2D eigenvalue weighted by molar-refractivity contribution is 7.89. The summed E-state index contributed by atoms with van der Waals surface area (Å²) >= 11 is 6.20. The zero-order chi connectivity index (χ0) is 25.6. The Labute approximate surface area is 210 Å². The second-order valence-corrected chi connectivity index (χ2v) is 10.2. The van der Waals surface area contributed by atoms with E-state index in [2.05, 4.69) is 16.1 Å². The van der Waals surface area contributed by atoms with Crippen LogP contribution < -0.4 is 14.8 Å². The predicted octanol–water partition coefficient (Wildman–Crippen LogP) is 3.94. The first-order valence-corrected chi connectivity index (χ1v) is 12.8. The van der Waals surface area contributed by atoms with Crippen LogP contribution >= 0.6 is 11.6 Å². The molecule has 2 N–H and O–H groups in total. The molecule has 0 aliphatic rings. The topological polar surface area (TPSA) is 113 Å². The highest BCUT2D eigenvalue weighted by Crippen LogP contribution is 2.26. The van der Waals surface area contributed by atoms with E-state index in [1.165, 1.54) is 6.07 Å². The van der Waals surface area contributed by atoms with Crippen molar-refractivity contribution in [1.29, 1.82) is 5.26 Å². The Morgan fingerprint density at radius 1 is 1.20 bits per heavy atom. The Balaban J connectivity index is 1.87. The molecule has 2 aromatic carbocycles. The summed E-state index contributed by atoms with van der Waals surface area (Å²) in [6.07, 6.45) is 1.83. The standard InChI is InChI=1S/C25H27ClN4O4S/c1-17-7-4-11-22(26)24(17)35(32,33)29-23(13-18(2)30-12-6-9-20(30)15-27)25(31)28-16-19-8-5-10-21(14-19)34-3/h4-12,14,18,23,29H,13,16H2,1-3H3,(H,28,31). The number of hydrogen-bond donors (Lipinski definition) is 2. The maximum Gasteiger partial charge on any atom is 0.243 e. The van der Waals surface area contributed by atoms with Gasteiger partial charge in [-0.1, -0.05) is 35.9 Å². The molecule has 1 aromatic heterocycles. The summed E-state index contributed by atoms with van der Waals surface area (Å²) in [5.74, 6) is 0.145. The van der Waals surface area contributed by atoms with Crippen LogP contribution in [0.15, 0.2) is 65.7 Å². The van der Waals surface area contributed by atoms with Gasteiger partial charge >= 0.3 is 0 Å². The molecule has 3 aromatic rings. The van der Waals surface area contributed by atoms with Crippen LogP contribution in [0.4, 0.5) is 0 Å². The molecule has 1 amide bonds. The van der Waals surface area contributed by atoms with Gasteiger partial charge < -0.3 is 14.6 Å². The molecule has 1 heterocycles. The van der Waals surface area contributed by atoms with Crippen LogP contribution in [-0.2, 0) is 21.4 Å². The molecule has 0 saturated carbocycles. The fourth-order valence-electron chi connectivity index (χ4n) is 3.83. The molecule has 2 unspecified atom stereocenters. The average molecular weight is 515 g/mol. The summed E-state index contributed by atoms with van der Waals surface area (Å²) in [6, 6.07) is 16.0. The third-order valence-corrected chi connectivity index (χ3v) is 7.69. The first-order chi connectivity index (χ1) is 16.7. The number of methoxy groups -OCH3 is 1. The van der Waals surface area contributed by atoms with Gasteiger partial charge in [-0.05, 0) is 61.7 Å². The second-order valence-electron chi connectivity index (χ2n) is 8.13. The van der Waals surface area contributed by atoms with E-state index in [0.29, 0.717) is 17.0 Å². The lowest BCUT2D eigenvalue weighted by Crippen LogP contribution is -2.47. The number of carbonyl (C=O) groups excluding carboxylic acids is 1. The lowest BCUT2D eigenvalue weighted by atomic mass is 10.1. The van der Waals surface area contributed by atoms with Crippen LogP contribution in [0.3, 0.4) is 0 Å². The molecule has 3 rings (SSSR count). The van der Waals surface area contributed by atoms with E-state index in [1.54, 1.807) is 67.3 Å². The van der Waals surface area contributed by atoms with E-state index in [0.717, 1.165) is 5.56 Å². The predicted molar refractivity (Wildman–Crippen MR) is 134 cm³/mol. The number of ether oxygens (including phenoxy) is 1. The first kappa shape index (κ1) is 26.3. The average Bonchev–Trinajstić information content (AvgIpc) is 3.31. The lowest BCUT2D eigenvalue weighted by Gasteiger charge is -2.24. The molecule has 0 spiro atoms. The van der Waals surface area contributed by atoms with Crippen LogP contribution in [0.1, 0.15) is 36.2 Å². The molecule has 35 heavy (non-hydrogen) atoms. The van der Waals surface area contributed by atoms with E-state index >= 15 is 0 Å². The number of hydrogen-bond acceptors (Lipinski definition) is 5. The summed E-state index contributed by atoms with van der Waals surface area (Å²) in [4.78, 5) is 13.2. The number of benzene rings is 2. The van der Waals surface area contributed by atoms with Crippen molar-refractivity contribution in [2.75, 3.05) is 7.11 Å². The fraction of sp³-hybridized carbons (Fsp3) is 0.280. The molecule has 0 aliphatic heterocycles. The summed E-state index contributed by atoms with van der Waals surface area (Å²) < 4.78 is 36.0. The monoisotopic (exact) mass is 514 g/mol. The zero-order valence-corrected chi connectivity index (χ0v) is 21.2. The third-order valence-electron chi connectivity index (χ3n) is 5.59. The summed E-state index contributed by atoms with van der Waals surface area (Å²) in [6.45, 7) is 3.64. The number of nitriles is 1. The molecule has 2 atom stereocenters. The largest absolute Gasteiger partial charge is 0.497 e. The Morgan fingerprint density at radius 2 is 1.94 bits per heavy atom. The van der Waals surface area contributed by atoms with Gasteiger partial charge in [0.2, 0.25) is 15.9 Å². The van der Waals surface area contributed by atoms with Crippen molar-refractivity contribution in [3.05, 3.63) is 82.6 Å². The molecule has 184 valence electrons. The second kappa shape index (κ2) is 11.4. The van der Waals surface area contributed by atoms with Crippen LogP contribution in [-0.4, -0.2) is 32.0 Å². The molecule has 0 saturated heterocycles. The van der Waals surface area contributed by atoms with Gasteiger partial charge in [-0.3, -0.25) is 4.79 Å². The summed E-state index contributed by atoms with van der Waals surface area (Å²) in [5.41, 5.74) is 1.68. The first-order valence-electron chi connectivity index (χ1n) is 10.9. The van der Waals surface area contributed by atoms with Gasteiger partial charge in [0.15, 0.2) is 0 Å². The molecule has 8 nitrogen and oxygen atoms in total. The van der Waals surface area contributed by atoms with Crippen molar-refractivity contribution < 1.29 is 17.9 Å². The quantitative estimate of drug-likeness (QED) is 0.425. The van der Waals surface area contributed by atoms with Crippen LogP contribution in [0.2, 0.25) is 5.02 Å². The minimum absolute atomic E-state index is 0.0678. The minimum atomic E-state index is -4.13. The maximum atomic E-state index is 13.3. The van der Waals surface area contributed by atoms with Crippen molar-refractivity contribution in [3.63, 3.8) is 0 Å². The van der Waals surface area contributed by atoms with Gasteiger partial charge in [0.1, 0.15) is 28.4 Å². The van der Waals surface area contributed by atoms with Gasteiger partial charge in [0.05, 0.1) is 12.1 Å². The van der Waals surface area contributed by atoms with E-state index in [1.807, 2.05) is 13.0 Å². The number of carbonyl (C=O) groups is 1. The van der Waals surface area contributed by atoms with Crippen molar-refractivity contribution in [1.82, 2.24) is 14.6 Å². The van der Waals surface area contributed by atoms with Crippen LogP contribution in [0.5, 0.6) is 5.75 Å². The van der Waals surface area contributed by atoms with E-state index < -0.39 is 22.0 Å². The molecule has 0 fully saturated rings.